The maximum absolute atomic E-state index is 11.8. The molecule has 3 heteroatoms. The minimum atomic E-state index is 0.118. The van der Waals surface area contributed by atoms with Crippen LogP contribution in [0.5, 0.6) is 0 Å². The molecule has 76 valence electrons. The summed E-state index contributed by atoms with van der Waals surface area (Å²) in [7, 11) is 0. The fourth-order valence-electron chi connectivity index (χ4n) is 1.32. The number of Topliss-reactive ketones (excluding diaryl/α,β-unsaturated/α-hetero) is 1. The van der Waals surface area contributed by atoms with Crippen molar-refractivity contribution in [2.75, 3.05) is 0 Å². The van der Waals surface area contributed by atoms with E-state index in [9.17, 15) is 4.79 Å². The van der Waals surface area contributed by atoms with E-state index in [4.69, 9.17) is 4.42 Å². The molecule has 0 aliphatic rings. The molecule has 2 rings (SSSR count). The Hall–Kier alpha value is -1.10. The molecule has 0 N–H and O–H groups in total. The van der Waals surface area contributed by atoms with Crippen LogP contribution in [0.25, 0.3) is 0 Å². The quantitative estimate of drug-likeness (QED) is 0.643. The van der Waals surface area contributed by atoms with Gasteiger partial charge in [0.15, 0.2) is 5.78 Å². The summed E-state index contributed by atoms with van der Waals surface area (Å²) in [4.78, 5) is 11.8. The molecular weight excluding hydrogens is 303 g/mol. The molecule has 0 amide bonds. The van der Waals surface area contributed by atoms with E-state index < -0.39 is 0 Å². The zero-order chi connectivity index (χ0) is 10.7. The molecule has 0 saturated carbocycles. The van der Waals surface area contributed by atoms with E-state index >= 15 is 0 Å². The highest BCUT2D eigenvalue weighted by Crippen LogP contribution is 2.10. The monoisotopic (exact) mass is 312 g/mol. The highest BCUT2D eigenvalue weighted by atomic mass is 127. The van der Waals surface area contributed by atoms with Crippen LogP contribution < -0.4 is 0 Å². The van der Waals surface area contributed by atoms with Gasteiger partial charge in [-0.1, -0.05) is 12.1 Å². The molecule has 2 nitrogen and oxygen atoms in total. The Balaban J connectivity index is 2.11. The van der Waals surface area contributed by atoms with E-state index in [0.717, 1.165) is 14.7 Å². The van der Waals surface area contributed by atoms with Crippen molar-refractivity contribution in [2.24, 2.45) is 0 Å². The lowest BCUT2D eigenvalue weighted by Crippen LogP contribution is -2.02. The fraction of sp³-hybridized carbons (Fsp3) is 0.0833. The maximum Gasteiger partial charge on any atom is 0.167 e. The van der Waals surface area contributed by atoms with Crippen molar-refractivity contribution in [3.8, 4) is 0 Å². The van der Waals surface area contributed by atoms with E-state index in [0.29, 0.717) is 6.42 Å². The average Bonchev–Trinajstić information content (AvgIpc) is 2.71. The minimum Gasteiger partial charge on any atom is -0.472 e. The molecule has 1 aromatic heterocycles. The van der Waals surface area contributed by atoms with Crippen LogP contribution in [0.4, 0.5) is 0 Å². The van der Waals surface area contributed by atoms with Gasteiger partial charge in [0.05, 0.1) is 12.5 Å². The smallest absolute Gasteiger partial charge is 0.167 e. The number of ketones is 1. The van der Waals surface area contributed by atoms with E-state index in [1.165, 1.54) is 0 Å². The van der Waals surface area contributed by atoms with Crippen molar-refractivity contribution in [1.82, 2.24) is 0 Å². The van der Waals surface area contributed by atoms with Gasteiger partial charge in [0.2, 0.25) is 0 Å². The molecule has 0 unspecified atom stereocenters. The zero-order valence-corrected chi connectivity index (χ0v) is 10.1. The van der Waals surface area contributed by atoms with Gasteiger partial charge in [-0.15, -0.1) is 0 Å². The third-order valence-electron chi connectivity index (χ3n) is 2.11. The molecule has 0 fully saturated rings. The zero-order valence-electron chi connectivity index (χ0n) is 7.94. The molecule has 15 heavy (non-hydrogen) atoms. The van der Waals surface area contributed by atoms with Gasteiger partial charge in [-0.25, -0.2) is 0 Å². The van der Waals surface area contributed by atoms with E-state index in [1.54, 1.807) is 12.5 Å². The van der Waals surface area contributed by atoms with Crippen molar-refractivity contribution in [3.63, 3.8) is 0 Å². The molecule has 1 heterocycles. The van der Waals surface area contributed by atoms with Crippen molar-refractivity contribution in [3.05, 3.63) is 57.6 Å². The second-order valence-electron chi connectivity index (χ2n) is 3.24. The molecule has 0 saturated heterocycles. The molecule has 2 aromatic rings. The lowest BCUT2D eigenvalue weighted by molar-refractivity contribution is 0.0992. The molecule has 0 radical (unpaired) electrons. The van der Waals surface area contributed by atoms with Gasteiger partial charge in [-0.2, -0.15) is 0 Å². The second kappa shape index (κ2) is 4.61. The molecule has 0 spiro atoms. The molecule has 1 aromatic carbocycles. The van der Waals surface area contributed by atoms with Crippen LogP contribution in [0, 0.1) is 3.57 Å². The van der Waals surface area contributed by atoms with Crippen LogP contribution in [-0.2, 0) is 6.42 Å². The third kappa shape index (κ3) is 2.68. The van der Waals surface area contributed by atoms with Gasteiger partial charge in [0, 0.05) is 15.6 Å². The largest absolute Gasteiger partial charge is 0.472 e. The molecular formula is C12H9IO2. The Morgan fingerprint density at radius 3 is 2.53 bits per heavy atom. The van der Waals surface area contributed by atoms with Crippen molar-refractivity contribution in [1.29, 1.82) is 0 Å². The highest BCUT2D eigenvalue weighted by Gasteiger charge is 2.07. The van der Waals surface area contributed by atoms with Gasteiger partial charge in [0.25, 0.3) is 0 Å². The van der Waals surface area contributed by atoms with E-state index in [2.05, 4.69) is 22.6 Å². The summed E-state index contributed by atoms with van der Waals surface area (Å²) in [6.45, 7) is 0. The summed E-state index contributed by atoms with van der Waals surface area (Å²) in [5.41, 5.74) is 1.66. The molecule has 0 bridgehead atoms. The standard InChI is InChI=1S/C12H9IO2/c13-11-3-1-10(2-4-11)12(14)7-9-5-6-15-8-9/h1-6,8H,7H2. The number of hydrogen-bond donors (Lipinski definition) is 0. The number of benzene rings is 1. The van der Waals surface area contributed by atoms with E-state index in [1.807, 2.05) is 30.3 Å². The number of halogens is 1. The Morgan fingerprint density at radius 1 is 1.20 bits per heavy atom. The summed E-state index contributed by atoms with van der Waals surface area (Å²) in [5, 5.41) is 0. The van der Waals surface area contributed by atoms with Gasteiger partial charge >= 0.3 is 0 Å². The number of hydrogen-bond acceptors (Lipinski definition) is 2. The summed E-state index contributed by atoms with van der Waals surface area (Å²) >= 11 is 2.22. The Kier molecular flexibility index (Phi) is 3.20. The lowest BCUT2D eigenvalue weighted by atomic mass is 10.1. The molecule has 0 aliphatic carbocycles. The third-order valence-corrected chi connectivity index (χ3v) is 2.83. The van der Waals surface area contributed by atoms with Crippen molar-refractivity contribution >= 4 is 28.4 Å². The van der Waals surface area contributed by atoms with Gasteiger partial charge in [-0.3, -0.25) is 4.79 Å². The Labute approximate surface area is 101 Å². The van der Waals surface area contributed by atoms with Gasteiger partial charge in [0.1, 0.15) is 0 Å². The summed E-state index contributed by atoms with van der Waals surface area (Å²) < 4.78 is 6.05. The maximum atomic E-state index is 11.8. The first-order valence-corrected chi connectivity index (χ1v) is 5.63. The number of carbonyl (C=O) groups excluding carboxylic acids is 1. The van der Waals surface area contributed by atoms with Crippen LogP contribution in [0.15, 0.2) is 47.3 Å². The summed E-state index contributed by atoms with van der Waals surface area (Å²) in [6, 6.07) is 9.38. The summed E-state index contributed by atoms with van der Waals surface area (Å²) in [5.74, 6) is 0.118. The van der Waals surface area contributed by atoms with Crippen LogP contribution in [-0.4, -0.2) is 5.78 Å². The van der Waals surface area contributed by atoms with Crippen LogP contribution >= 0.6 is 22.6 Å². The number of rotatable bonds is 3. The van der Waals surface area contributed by atoms with Crippen molar-refractivity contribution < 1.29 is 9.21 Å². The fourth-order valence-corrected chi connectivity index (χ4v) is 1.68. The first-order valence-electron chi connectivity index (χ1n) is 4.55. The van der Waals surface area contributed by atoms with Crippen LogP contribution in [0.2, 0.25) is 0 Å². The predicted molar refractivity (Wildman–Crippen MR) is 65.9 cm³/mol. The Morgan fingerprint density at radius 2 is 1.93 bits per heavy atom. The second-order valence-corrected chi connectivity index (χ2v) is 4.48. The highest BCUT2D eigenvalue weighted by molar-refractivity contribution is 14.1. The first kappa shape index (κ1) is 10.4. The number of furan rings is 1. The number of carbonyl (C=O) groups is 1. The van der Waals surface area contributed by atoms with Gasteiger partial charge < -0.3 is 4.42 Å². The van der Waals surface area contributed by atoms with Crippen LogP contribution in [0.1, 0.15) is 15.9 Å². The molecule has 0 atom stereocenters. The van der Waals surface area contributed by atoms with Crippen LogP contribution in [0.3, 0.4) is 0 Å². The van der Waals surface area contributed by atoms with Crippen molar-refractivity contribution in [2.45, 2.75) is 6.42 Å². The summed E-state index contributed by atoms with van der Waals surface area (Å²) in [6.07, 6.45) is 3.58. The normalized spacial score (nSPS) is 10.2. The van der Waals surface area contributed by atoms with E-state index in [-0.39, 0.29) is 5.78 Å². The first-order chi connectivity index (χ1) is 7.25. The van der Waals surface area contributed by atoms with Gasteiger partial charge in [-0.05, 0) is 46.4 Å². The SMILES string of the molecule is O=C(Cc1ccoc1)c1ccc(I)cc1. The average molecular weight is 312 g/mol. The lowest BCUT2D eigenvalue weighted by Gasteiger charge is -1.98. The topological polar surface area (TPSA) is 30.2 Å². The Bertz CT molecular complexity index is 443. The predicted octanol–water partition coefficient (Wildman–Crippen LogP) is 3.31. The molecule has 0 aliphatic heterocycles. The minimum absolute atomic E-state index is 0.118.